The van der Waals surface area contributed by atoms with Gasteiger partial charge in [-0.05, 0) is 60.7 Å². The third-order valence-electron chi connectivity index (χ3n) is 5.17. The highest BCUT2D eigenvalue weighted by Gasteiger charge is 2.14. The summed E-state index contributed by atoms with van der Waals surface area (Å²) in [6.45, 7) is 0.344. The zero-order valence-electron chi connectivity index (χ0n) is 18.8. The number of benzene rings is 3. The molecule has 0 spiro atoms. The van der Waals surface area contributed by atoms with E-state index in [4.69, 9.17) is 9.47 Å². The Balaban J connectivity index is 1.40. The first-order valence-electron chi connectivity index (χ1n) is 10.6. The lowest BCUT2D eigenvalue weighted by atomic mass is 10.1. The molecule has 0 saturated carbocycles. The number of nitrogens with zero attached hydrogens (tertiary/aromatic N) is 2. The highest BCUT2D eigenvalue weighted by Crippen LogP contribution is 2.21. The van der Waals surface area contributed by atoms with Gasteiger partial charge in [-0.15, -0.1) is 0 Å². The number of rotatable bonds is 8. The van der Waals surface area contributed by atoms with Crippen molar-refractivity contribution in [3.63, 3.8) is 0 Å². The molecular weight excluding hydrogens is 432 g/mol. The molecule has 0 bridgehead atoms. The molecule has 1 aromatic heterocycles. The van der Waals surface area contributed by atoms with Gasteiger partial charge in [0.25, 0.3) is 11.8 Å². The summed E-state index contributed by atoms with van der Waals surface area (Å²) in [6.07, 6.45) is 3.57. The van der Waals surface area contributed by atoms with Crippen LogP contribution in [0.2, 0.25) is 0 Å². The van der Waals surface area contributed by atoms with Crippen LogP contribution in [0.5, 0.6) is 11.5 Å². The van der Waals surface area contributed by atoms with Crippen LogP contribution >= 0.6 is 0 Å². The van der Waals surface area contributed by atoms with E-state index in [-0.39, 0.29) is 11.8 Å². The lowest BCUT2D eigenvalue weighted by Gasteiger charge is -2.12. The van der Waals surface area contributed by atoms with Crippen LogP contribution < -0.4 is 20.1 Å². The van der Waals surface area contributed by atoms with Gasteiger partial charge in [-0.2, -0.15) is 0 Å². The summed E-state index contributed by atoms with van der Waals surface area (Å²) in [5.74, 6) is 1.47. The molecule has 0 aliphatic rings. The number of aryl methyl sites for hydroxylation is 1. The van der Waals surface area contributed by atoms with Crippen molar-refractivity contribution < 1.29 is 19.1 Å². The number of hydrogen-bond acceptors (Lipinski definition) is 5. The Bertz CT molecular complexity index is 1280. The number of ether oxygens (including phenoxy) is 2. The molecule has 0 aliphatic heterocycles. The standard InChI is InChI=1S/C26H24N4O4/c1-30-16-15-27-24(30)17-34-21-13-9-19(10-14-21)28-26(32)22-5-3-4-6-23(22)29-25(31)18-7-11-20(33-2)12-8-18/h3-16H,17H2,1-2H3,(H,28,32)(H,29,31). The largest absolute Gasteiger partial charge is 0.497 e. The number of hydrogen-bond donors (Lipinski definition) is 2. The zero-order valence-corrected chi connectivity index (χ0v) is 18.8. The van der Waals surface area contributed by atoms with E-state index in [1.807, 2.05) is 17.8 Å². The summed E-state index contributed by atoms with van der Waals surface area (Å²) in [5.41, 5.74) is 1.82. The van der Waals surface area contributed by atoms with Crippen molar-refractivity contribution in [3.05, 3.63) is 102 Å². The first kappa shape index (κ1) is 22.6. The summed E-state index contributed by atoms with van der Waals surface area (Å²) in [6, 6.07) is 20.6. The average molecular weight is 457 g/mol. The van der Waals surface area contributed by atoms with Gasteiger partial charge < -0.3 is 24.7 Å². The van der Waals surface area contributed by atoms with Crippen molar-refractivity contribution in [2.75, 3.05) is 17.7 Å². The Morgan fingerprint density at radius 3 is 2.26 bits per heavy atom. The molecule has 0 unspecified atom stereocenters. The Hall–Kier alpha value is -4.59. The molecule has 0 saturated heterocycles. The van der Waals surface area contributed by atoms with Gasteiger partial charge in [-0.25, -0.2) is 4.98 Å². The summed E-state index contributed by atoms with van der Waals surface area (Å²) in [7, 11) is 3.47. The van der Waals surface area contributed by atoms with Gasteiger partial charge in [-0.3, -0.25) is 9.59 Å². The van der Waals surface area contributed by atoms with Crippen molar-refractivity contribution in [2.24, 2.45) is 7.05 Å². The van der Waals surface area contributed by atoms with E-state index in [2.05, 4.69) is 15.6 Å². The number of para-hydroxylation sites is 1. The first-order valence-corrected chi connectivity index (χ1v) is 10.6. The summed E-state index contributed by atoms with van der Waals surface area (Å²) >= 11 is 0. The number of imidazole rings is 1. The Morgan fingerprint density at radius 2 is 1.59 bits per heavy atom. The maximum atomic E-state index is 12.9. The molecule has 2 amide bonds. The maximum absolute atomic E-state index is 12.9. The lowest BCUT2D eigenvalue weighted by Crippen LogP contribution is -2.18. The van der Waals surface area contributed by atoms with E-state index in [0.29, 0.717) is 40.6 Å². The highest BCUT2D eigenvalue weighted by molar-refractivity contribution is 6.12. The van der Waals surface area contributed by atoms with Crippen molar-refractivity contribution >= 4 is 23.2 Å². The van der Waals surface area contributed by atoms with Gasteiger partial charge >= 0.3 is 0 Å². The molecule has 1 heterocycles. The van der Waals surface area contributed by atoms with E-state index >= 15 is 0 Å². The number of carbonyl (C=O) groups excluding carboxylic acids is 2. The molecule has 0 aliphatic carbocycles. The Kier molecular flexibility index (Phi) is 6.88. The van der Waals surface area contributed by atoms with Gasteiger partial charge in [0.15, 0.2) is 0 Å². The average Bonchev–Trinajstić information content (AvgIpc) is 3.28. The molecule has 4 rings (SSSR count). The SMILES string of the molecule is COc1ccc(C(=O)Nc2ccccc2C(=O)Nc2ccc(OCc3nccn3C)cc2)cc1. The second kappa shape index (κ2) is 10.4. The number of nitrogens with one attached hydrogen (secondary N) is 2. The summed E-state index contributed by atoms with van der Waals surface area (Å²) in [4.78, 5) is 29.8. The molecule has 3 aromatic carbocycles. The van der Waals surface area contributed by atoms with E-state index in [9.17, 15) is 9.59 Å². The topological polar surface area (TPSA) is 94.5 Å². The van der Waals surface area contributed by atoms with Gasteiger partial charge in [0.2, 0.25) is 0 Å². The molecule has 0 atom stereocenters. The van der Waals surface area contributed by atoms with Gasteiger partial charge in [-0.1, -0.05) is 12.1 Å². The van der Waals surface area contributed by atoms with Crippen LogP contribution in [0.3, 0.4) is 0 Å². The highest BCUT2D eigenvalue weighted by atomic mass is 16.5. The smallest absolute Gasteiger partial charge is 0.257 e. The maximum Gasteiger partial charge on any atom is 0.257 e. The Labute approximate surface area is 197 Å². The van der Waals surface area contributed by atoms with Crippen LogP contribution in [0.4, 0.5) is 11.4 Å². The predicted octanol–water partition coefficient (Wildman–Crippen LogP) is 4.51. The molecule has 4 aromatic rings. The van der Waals surface area contributed by atoms with Crippen LogP contribution in [0.25, 0.3) is 0 Å². The van der Waals surface area contributed by atoms with Crippen LogP contribution in [-0.2, 0) is 13.7 Å². The second-order valence-corrected chi connectivity index (χ2v) is 7.45. The third kappa shape index (κ3) is 5.42. The van der Waals surface area contributed by atoms with Crippen molar-refractivity contribution in [3.8, 4) is 11.5 Å². The minimum absolute atomic E-state index is 0.322. The van der Waals surface area contributed by atoms with Crippen molar-refractivity contribution in [1.82, 2.24) is 9.55 Å². The van der Waals surface area contributed by atoms with E-state index in [1.54, 1.807) is 86.1 Å². The monoisotopic (exact) mass is 456 g/mol. The third-order valence-corrected chi connectivity index (χ3v) is 5.17. The van der Waals surface area contributed by atoms with Crippen LogP contribution in [0.15, 0.2) is 85.2 Å². The number of anilines is 2. The molecule has 0 fully saturated rings. The van der Waals surface area contributed by atoms with Gasteiger partial charge in [0.05, 0.1) is 18.4 Å². The number of amides is 2. The molecule has 0 radical (unpaired) electrons. The molecule has 8 nitrogen and oxygen atoms in total. The van der Waals surface area contributed by atoms with E-state index < -0.39 is 0 Å². The van der Waals surface area contributed by atoms with Crippen LogP contribution in [-0.4, -0.2) is 28.5 Å². The normalized spacial score (nSPS) is 10.4. The molecule has 2 N–H and O–H groups in total. The molecular formula is C26H24N4O4. The van der Waals surface area contributed by atoms with Crippen LogP contribution in [0, 0.1) is 0 Å². The van der Waals surface area contributed by atoms with Crippen molar-refractivity contribution in [1.29, 1.82) is 0 Å². The van der Waals surface area contributed by atoms with E-state index in [0.717, 1.165) is 5.82 Å². The van der Waals surface area contributed by atoms with Gasteiger partial charge in [0.1, 0.15) is 23.9 Å². The molecule has 8 heteroatoms. The van der Waals surface area contributed by atoms with Gasteiger partial charge in [0, 0.05) is 30.7 Å². The quantitative estimate of drug-likeness (QED) is 0.407. The van der Waals surface area contributed by atoms with Crippen molar-refractivity contribution in [2.45, 2.75) is 6.61 Å². The lowest BCUT2D eigenvalue weighted by molar-refractivity contribution is 0.102. The molecule has 172 valence electrons. The minimum atomic E-state index is -0.340. The fourth-order valence-electron chi connectivity index (χ4n) is 3.24. The fraction of sp³-hybridized carbons (Fsp3) is 0.115. The van der Waals surface area contributed by atoms with E-state index in [1.165, 1.54) is 0 Å². The summed E-state index contributed by atoms with van der Waals surface area (Å²) in [5, 5.41) is 5.66. The zero-order chi connectivity index (χ0) is 23.9. The first-order chi connectivity index (χ1) is 16.5. The number of methoxy groups -OCH3 is 1. The molecule has 34 heavy (non-hydrogen) atoms. The number of carbonyl (C=O) groups is 2. The van der Waals surface area contributed by atoms with Crippen LogP contribution in [0.1, 0.15) is 26.5 Å². The fourth-order valence-corrected chi connectivity index (χ4v) is 3.24. The predicted molar refractivity (Wildman–Crippen MR) is 129 cm³/mol. The Morgan fingerprint density at radius 1 is 0.882 bits per heavy atom. The minimum Gasteiger partial charge on any atom is -0.497 e. The number of aromatic nitrogens is 2. The second-order valence-electron chi connectivity index (χ2n) is 7.45. The summed E-state index contributed by atoms with van der Waals surface area (Å²) < 4.78 is 12.8.